The van der Waals surface area contributed by atoms with Crippen molar-refractivity contribution in [2.24, 2.45) is 0 Å². The van der Waals surface area contributed by atoms with E-state index in [1.807, 2.05) is 0 Å². The van der Waals surface area contributed by atoms with Crippen molar-refractivity contribution in [2.75, 3.05) is 0 Å². The largest absolute Gasteiger partial charge is 0.345 e. The highest BCUT2D eigenvalue weighted by atomic mass is 19.2. The lowest BCUT2D eigenvalue weighted by atomic mass is 10.1. The van der Waals surface area contributed by atoms with Crippen molar-refractivity contribution < 1.29 is 8.78 Å². The highest BCUT2D eigenvalue weighted by Gasteiger charge is 2.12. The number of nitrogens with zero attached hydrogens (tertiary/aromatic N) is 1. The number of aromatic amines is 1. The van der Waals surface area contributed by atoms with E-state index in [2.05, 4.69) is 9.97 Å². The summed E-state index contributed by atoms with van der Waals surface area (Å²) in [5.74, 6) is -1.88. The van der Waals surface area contributed by atoms with Crippen LogP contribution in [0.2, 0.25) is 0 Å². The van der Waals surface area contributed by atoms with Crippen LogP contribution in [0.15, 0.2) is 29.2 Å². The third-order valence-electron chi connectivity index (χ3n) is 2.24. The van der Waals surface area contributed by atoms with Gasteiger partial charge < -0.3 is 4.98 Å². The SMILES string of the molecule is Cc1ccc(-c2ccnc(=O)[nH]2)c(F)c1F. The van der Waals surface area contributed by atoms with Crippen molar-refractivity contribution in [1.82, 2.24) is 9.97 Å². The number of H-pyrrole nitrogens is 1. The Bertz CT molecular complexity index is 593. The first-order valence-electron chi connectivity index (χ1n) is 4.60. The zero-order valence-corrected chi connectivity index (χ0v) is 8.42. The van der Waals surface area contributed by atoms with Crippen LogP contribution in [0.1, 0.15) is 5.56 Å². The molecule has 0 atom stereocenters. The van der Waals surface area contributed by atoms with Gasteiger partial charge in [-0.05, 0) is 24.6 Å². The first kappa shape index (κ1) is 10.5. The van der Waals surface area contributed by atoms with Crippen molar-refractivity contribution in [2.45, 2.75) is 6.92 Å². The van der Waals surface area contributed by atoms with E-state index in [0.29, 0.717) is 0 Å². The summed E-state index contributed by atoms with van der Waals surface area (Å²) < 4.78 is 26.9. The molecule has 0 amide bonds. The Morgan fingerprint density at radius 2 is 1.94 bits per heavy atom. The fraction of sp³-hybridized carbons (Fsp3) is 0.0909. The third kappa shape index (κ3) is 1.71. The summed E-state index contributed by atoms with van der Waals surface area (Å²) in [4.78, 5) is 16.7. The van der Waals surface area contributed by atoms with Crippen LogP contribution in [0, 0.1) is 18.6 Å². The van der Waals surface area contributed by atoms with Crippen molar-refractivity contribution >= 4 is 0 Å². The molecule has 1 heterocycles. The quantitative estimate of drug-likeness (QED) is 0.802. The molecule has 5 heteroatoms. The minimum absolute atomic E-state index is 0.0163. The molecule has 0 spiro atoms. The summed E-state index contributed by atoms with van der Waals surface area (Å²) in [5.41, 5.74) is -0.158. The van der Waals surface area contributed by atoms with Gasteiger partial charge >= 0.3 is 5.69 Å². The van der Waals surface area contributed by atoms with Crippen LogP contribution in [0.5, 0.6) is 0 Å². The van der Waals surface area contributed by atoms with Gasteiger partial charge in [0.1, 0.15) is 0 Å². The minimum Gasteiger partial charge on any atom is -0.305 e. The standard InChI is InChI=1S/C11H8F2N2O/c1-6-2-3-7(10(13)9(6)12)8-4-5-14-11(16)15-8/h2-5H,1H3,(H,14,15,16). The molecular weight excluding hydrogens is 214 g/mol. The summed E-state index contributed by atoms with van der Waals surface area (Å²) in [6.07, 6.45) is 1.24. The fourth-order valence-electron chi connectivity index (χ4n) is 1.38. The fourth-order valence-corrected chi connectivity index (χ4v) is 1.38. The van der Waals surface area contributed by atoms with Crippen LogP contribution in [0.25, 0.3) is 11.3 Å². The molecule has 0 aliphatic carbocycles. The Kier molecular flexibility index (Phi) is 2.52. The summed E-state index contributed by atoms with van der Waals surface area (Å²) in [6, 6.07) is 4.28. The molecule has 1 N–H and O–H groups in total. The highest BCUT2D eigenvalue weighted by molar-refractivity contribution is 5.59. The van der Waals surface area contributed by atoms with Crippen LogP contribution < -0.4 is 5.69 Å². The molecule has 16 heavy (non-hydrogen) atoms. The van der Waals surface area contributed by atoms with Crippen LogP contribution in [0.4, 0.5) is 8.78 Å². The lowest BCUT2D eigenvalue weighted by Gasteiger charge is -2.05. The van der Waals surface area contributed by atoms with Crippen molar-refractivity contribution in [3.05, 3.63) is 52.1 Å². The normalized spacial score (nSPS) is 10.4. The predicted molar refractivity (Wildman–Crippen MR) is 54.9 cm³/mol. The molecule has 0 saturated carbocycles. The molecule has 0 aliphatic heterocycles. The molecule has 0 radical (unpaired) electrons. The van der Waals surface area contributed by atoms with Crippen LogP contribution in [-0.2, 0) is 0 Å². The summed E-state index contributed by atoms with van der Waals surface area (Å²) in [7, 11) is 0. The van der Waals surface area contributed by atoms with Crippen LogP contribution in [0.3, 0.4) is 0 Å². The van der Waals surface area contributed by atoms with E-state index in [4.69, 9.17) is 0 Å². The molecule has 1 aromatic heterocycles. The topological polar surface area (TPSA) is 45.8 Å². The molecule has 3 nitrogen and oxygen atoms in total. The van der Waals surface area contributed by atoms with Crippen molar-refractivity contribution in [3.63, 3.8) is 0 Å². The van der Waals surface area contributed by atoms with E-state index in [1.165, 1.54) is 31.3 Å². The predicted octanol–water partition coefficient (Wildman–Crippen LogP) is 2.02. The van der Waals surface area contributed by atoms with Gasteiger partial charge in [0.2, 0.25) is 0 Å². The molecule has 82 valence electrons. The number of hydrogen-bond donors (Lipinski definition) is 1. The molecule has 0 bridgehead atoms. The third-order valence-corrected chi connectivity index (χ3v) is 2.24. The first-order chi connectivity index (χ1) is 7.59. The van der Waals surface area contributed by atoms with E-state index in [1.54, 1.807) is 0 Å². The maximum Gasteiger partial charge on any atom is 0.345 e. The Labute approximate surface area is 89.8 Å². The number of nitrogens with one attached hydrogen (secondary N) is 1. The number of halogens is 2. The van der Waals surface area contributed by atoms with Crippen molar-refractivity contribution in [3.8, 4) is 11.3 Å². The molecule has 1 aromatic carbocycles. The molecule has 0 fully saturated rings. The molecule has 0 saturated heterocycles. The van der Waals surface area contributed by atoms with Gasteiger partial charge in [0.25, 0.3) is 0 Å². The van der Waals surface area contributed by atoms with Crippen LogP contribution in [-0.4, -0.2) is 9.97 Å². The van der Waals surface area contributed by atoms with Gasteiger partial charge in [-0.25, -0.2) is 18.6 Å². The van der Waals surface area contributed by atoms with Gasteiger partial charge in [-0.3, -0.25) is 0 Å². The molecule has 2 aromatic rings. The molecular formula is C11H8F2N2O. The average molecular weight is 222 g/mol. The second-order valence-electron chi connectivity index (χ2n) is 3.35. The lowest BCUT2D eigenvalue weighted by Crippen LogP contribution is -2.10. The Morgan fingerprint density at radius 3 is 2.62 bits per heavy atom. The zero-order valence-electron chi connectivity index (χ0n) is 8.42. The number of hydrogen-bond acceptors (Lipinski definition) is 2. The van der Waals surface area contributed by atoms with E-state index in [-0.39, 0.29) is 16.8 Å². The number of rotatable bonds is 1. The smallest absolute Gasteiger partial charge is 0.305 e. The highest BCUT2D eigenvalue weighted by Crippen LogP contribution is 2.23. The first-order valence-corrected chi connectivity index (χ1v) is 4.60. The van der Waals surface area contributed by atoms with Gasteiger partial charge in [-0.2, -0.15) is 0 Å². The maximum absolute atomic E-state index is 13.6. The summed E-state index contributed by atoms with van der Waals surface area (Å²) in [6.45, 7) is 1.47. The Hall–Kier alpha value is -2.04. The van der Waals surface area contributed by atoms with Crippen LogP contribution >= 0.6 is 0 Å². The van der Waals surface area contributed by atoms with E-state index < -0.39 is 17.3 Å². The Balaban J connectivity index is 2.66. The monoisotopic (exact) mass is 222 g/mol. The van der Waals surface area contributed by atoms with Crippen molar-refractivity contribution in [1.29, 1.82) is 0 Å². The van der Waals surface area contributed by atoms with Gasteiger partial charge in [0.05, 0.1) is 5.69 Å². The lowest BCUT2D eigenvalue weighted by molar-refractivity contribution is 0.505. The summed E-state index contributed by atoms with van der Waals surface area (Å²) >= 11 is 0. The van der Waals surface area contributed by atoms with E-state index >= 15 is 0 Å². The van der Waals surface area contributed by atoms with E-state index in [0.717, 1.165) is 0 Å². The zero-order chi connectivity index (χ0) is 11.7. The molecule has 0 unspecified atom stereocenters. The van der Waals surface area contributed by atoms with Gasteiger partial charge in [0, 0.05) is 11.8 Å². The summed E-state index contributed by atoms with van der Waals surface area (Å²) in [5, 5.41) is 0. The second-order valence-corrected chi connectivity index (χ2v) is 3.35. The number of benzene rings is 1. The van der Waals surface area contributed by atoms with Gasteiger partial charge in [-0.1, -0.05) is 6.07 Å². The minimum atomic E-state index is -0.971. The average Bonchev–Trinajstić information content (AvgIpc) is 2.26. The molecule has 2 rings (SSSR count). The number of aromatic nitrogens is 2. The second kappa shape index (κ2) is 3.84. The number of aryl methyl sites for hydroxylation is 1. The van der Waals surface area contributed by atoms with E-state index in [9.17, 15) is 13.6 Å². The Morgan fingerprint density at radius 1 is 1.19 bits per heavy atom. The molecule has 0 aliphatic rings. The van der Waals surface area contributed by atoms with Gasteiger partial charge in [-0.15, -0.1) is 0 Å². The maximum atomic E-state index is 13.6. The van der Waals surface area contributed by atoms with Gasteiger partial charge in [0.15, 0.2) is 11.6 Å².